The van der Waals surface area contributed by atoms with Gasteiger partial charge in [-0.3, -0.25) is 4.79 Å². The van der Waals surface area contributed by atoms with E-state index in [1.807, 2.05) is 0 Å². The van der Waals surface area contributed by atoms with Gasteiger partial charge in [0.05, 0.1) is 13.0 Å². The van der Waals surface area contributed by atoms with E-state index in [0.29, 0.717) is 10.5 Å². The molecule has 0 unspecified atom stereocenters. The van der Waals surface area contributed by atoms with E-state index in [0.717, 1.165) is 17.8 Å². The number of hydrogen-bond acceptors (Lipinski definition) is 3. The molecule has 1 aromatic heterocycles. The van der Waals surface area contributed by atoms with Gasteiger partial charge in [-0.15, -0.1) is 0 Å². The molecule has 1 aliphatic heterocycles. The fourth-order valence-corrected chi connectivity index (χ4v) is 3.87. The number of carbonyl (C=O) groups excluding carboxylic acids is 1. The van der Waals surface area contributed by atoms with Crippen molar-refractivity contribution in [1.29, 1.82) is 0 Å². The maximum atomic E-state index is 14.2. The van der Waals surface area contributed by atoms with Crippen LogP contribution in [0, 0.1) is 22.2 Å². The zero-order valence-electron chi connectivity index (χ0n) is 15.0. The highest BCUT2D eigenvalue weighted by molar-refractivity contribution is 7.71. The van der Waals surface area contributed by atoms with E-state index in [1.165, 1.54) is 4.90 Å². The molecule has 1 amide bonds. The number of imidazole rings is 1. The summed E-state index contributed by atoms with van der Waals surface area (Å²) < 4.78 is 45.8. The summed E-state index contributed by atoms with van der Waals surface area (Å²) in [6.45, 7) is 0.288. The molecule has 27 heavy (non-hydrogen) atoms. The number of halogens is 3. The van der Waals surface area contributed by atoms with Crippen LogP contribution in [0.4, 0.5) is 13.2 Å². The SMILES string of the molecule is CN(CCO)C(=O)Cc1c2n(c(=S)n1C)C[C@@H](c1c(F)ccc(F)c1F)C2. The zero-order valence-corrected chi connectivity index (χ0v) is 15.8. The van der Waals surface area contributed by atoms with Crippen molar-refractivity contribution >= 4 is 18.1 Å². The van der Waals surface area contributed by atoms with Crippen LogP contribution in [-0.2, 0) is 31.2 Å². The smallest absolute Gasteiger partial charge is 0.228 e. The summed E-state index contributed by atoms with van der Waals surface area (Å²) >= 11 is 5.40. The number of aliphatic hydroxyl groups excluding tert-OH is 1. The lowest BCUT2D eigenvalue weighted by molar-refractivity contribution is -0.129. The molecule has 0 saturated carbocycles. The number of aromatic nitrogens is 2. The van der Waals surface area contributed by atoms with Crippen molar-refractivity contribution in [1.82, 2.24) is 14.0 Å². The molecule has 2 heterocycles. The van der Waals surface area contributed by atoms with Crippen molar-refractivity contribution in [2.75, 3.05) is 20.2 Å². The highest BCUT2D eigenvalue weighted by Crippen LogP contribution is 2.36. The normalized spacial score (nSPS) is 15.9. The molecule has 0 aliphatic carbocycles. The number of nitrogens with zero attached hydrogens (tertiary/aromatic N) is 3. The summed E-state index contributed by atoms with van der Waals surface area (Å²) in [7, 11) is 3.32. The first-order chi connectivity index (χ1) is 12.8. The Hall–Kier alpha value is -2.13. The van der Waals surface area contributed by atoms with Gasteiger partial charge in [-0.1, -0.05) is 0 Å². The number of hydrogen-bond donors (Lipinski definition) is 1. The fraction of sp³-hybridized carbons (Fsp3) is 0.444. The third-order valence-electron chi connectivity index (χ3n) is 5.09. The molecule has 1 aromatic carbocycles. The Kier molecular flexibility index (Phi) is 5.43. The maximum absolute atomic E-state index is 14.2. The minimum absolute atomic E-state index is 0.0554. The van der Waals surface area contributed by atoms with Crippen LogP contribution in [0.5, 0.6) is 0 Å². The second-order valence-corrected chi connectivity index (χ2v) is 7.08. The van der Waals surface area contributed by atoms with E-state index in [9.17, 15) is 18.0 Å². The van der Waals surface area contributed by atoms with Crippen LogP contribution in [0.1, 0.15) is 22.9 Å². The first-order valence-corrected chi connectivity index (χ1v) is 8.92. The average Bonchev–Trinajstić information content (AvgIpc) is 3.14. The van der Waals surface area contributed by atoms with Gasteiger partial charge in [0.25, 0.3) is 0 Å². The van der Waals surface area contributed by atoms with E-state index < -0.39 is 23.4 Å². The van der Waals surface area contributed by atoms with Crippen LogP contribution in [0.2, 0.25) is 0 Å². The minimum atomic E-state index is -1.18. The molecule has 0 saturated heterocycles. The van der Waals surface area contributed by atoms with E-state index in [4.69, 9.17) is 17.3 Å². The Labute approximate surface area is 159 Å². The van der Waals surface area contributed by atoms with Crippen molar-refractivity contribution in [2.24, 2.45) is 7.05 Å². The predicted octanol–water partition coefficient (Wildman–Crippen LogP) is 2.31. The Bertz CT molecular complexity index is 954. The highest BCUT2D eigenvalue weighted by Gasteiger charge is 2.33. The van der Waals surface area contributed by atoms with Gasteiger partial charge in [0.2, 0.25) is 5.91 Å². The van der Waals surface area contributed by atoms with Crippen LogP contribution < -0.4 is 0 Å². The van der Waals surface area contributed by atoms with Gasteiger partial charge in [-0.05, 0) is 30.8 Å². The van der Waals surface area contributed by atoms with E-state index in [-0.39, 0.29) is 44.0 Å². The van der Waals surface area contributed by atoms with Gasteiger partial charge >= 0.3 is 0 Å². The number of amides is 1. The summed E-state index contributed by atoms with van der Waals surface area (Å²) in [5.41, 5.74) is 1.10. The third-order valence-corrected chi connectivity index (χ3v) is 5.59. The molecule has 1 atom stereocenters. The Morgan fingerprint density at radius 2 is 2.00 bits per heavy atom. The number of benzene rings is 1. The zero-order chi connectivity index (χ0) is 19.9. The lowest BCUT2D eigenvalue weighted by Gasteiger charge is -2.17. The second kappa shape index (κ2) is 7.47. The van der Waals surface area contributed by atoms with E-state index >= 15 is 0 Å². The van der Waals surface area contributed by atoms with Crippen LogP contribution in [-0.4, -0.2) is 45.2 Å². The lowest BCUT2D eigenvalue weighted by Crippen LogP contribution is -2.31. The topological polar surface area (TPSA) is 50.4 Å². The van der Waals surface area contributed by atoms with Crippen molar-refractivity contribution in [2.45, 2.75) is 25.3 Å². The monoisotopic (exact) mass is 399 g/mol. The Morgan fingerprint density at radius 1 is 1.33 bits per heavy atom. The molecular weight excluding hydrogens is 379 g/mol. The maximum Gasteiger partial charge on any atom is 0.228 e. The van der Waals surface area contributed by atoms with Crippen LogP contribution >= 0.6 is 12.2 Å². The third kappa shape index (κ3) is 3.41. The first-order valence-electron chi connectivity index (χ1n) is 8.51. The quantitative estimate of drug-likeness (QED) is 0.620. The molecule has 0 fully saturated rings. The summed E-state index contributed by atoms with van der Waals surface area (Å²) in [6, 6.07) is 1.69. The Balaban J connectivity index is 1.94. The predicted molar refractivity (Wildman–Crippen MR) is 95.4 cm³/mol. The number of rotatable bonds is 5. The van der Waals surface area contributed by atoms with Crippen molar-refractivity contribution in [3.8, 4) is 0 Å². The van der Waals surface area contributed by atoms with E-state index in [2.05, 4.69) is 0 Å². The van der Waals surface area contributed by atoms with Crippen LogP contribution in [0.15, 0.2) is 12.1 Å². The van der Waals surface area contributed by atoms with E-state index in [1.54, 1.807) is 23.2 Å². The largest absolute Gasteiger partial charge is 0.395 e. The summed E-state index contributed by atoms with van der Waals surface area (Å²) in [4.78, 5) is 13.8. The van der Waals surface area contributed by atoms with Crippen LogP contribution in [0.3, 0.4) is 0 Å². The van der Waals surface area contributed by atoms with Crippen molar-refractivity contribution in [3.05, 3.63) is 51.3 Å². The molecule has 5 nitrogen and oxygen atoms in total. The summed E-state index contributed by atoms with van der Waals surface area (Å²) in [6.07, 6.45) is 0.313. The molecule has 146 valence electrons. The number of likely N-dealkylation sites (N-methyl/N-ethyl adjacent to an activating group) is 1. The molecule has 0 radical (unpaired) electrons. The average molecular weight is 399 g/mol. The molecular formula is C18H20F3N3O2S. The fourth-order valence-electron chi connectivity index (χ4n) is 3.58. The van der Waals surface area contributed by atoms with Gasteiger partial charge in [-0.25, -0.2) is 13.2 Å². The second-order valence-electron chi connectivity index (χ2n) is 6.72. The molecule has 0 bridgehead atoms. The first kappa shape index (κ1) is 19.6. The van der Waals surface area contributed by atoms with Gasteiger partial charge in [-0.2, -0.15) is 0 Å². The standard InChI is InChI=1S/C18H20F3N3O2S/c1-22(5-6-25)15(26)8-13-14-7-10(9-24(14)18(27)23(13)2)16-11(19)3-4-12(20)17(16)21/h3-4,10,25H,5-9H2,1-2H3/t10-/m0/s1. The molecule has 1 aliphatic rings. The Morgan fingerprint density at radius 3 is 2.67 bits per heavy atom. The molecule has 1 N–H and O–H groups in total. The number of carbonyl (C=O) groups is 1. The highest BCUT2D eigenvalue weighted by atomic mass is 32.1. The molecule has 9 heteroatoms. The number of fused-ring (bicyclic) bond motifs is 1. The van der Waals surface area contributed by atoms with Gasteiger partial charge in [0, 0.05) is 50.1 Å². The van der Waals surface area contributed by atoms with Crippen molar-refractivity contribution in [3.63, 3.8) is 0 Å². The molecule has 0 spiro atoms. The lowest BCUT2D eigenvalue weighted by atomic mass is 9.95. The van der Waals surface area contributed by atoms with Gasteiger partial charge in [0.1, 0.15) is 5.82 Å². The molecule has 2 aromatic rings. The summed E-state index contributed by atoms with van der Waals surface area (Å²) in [5.74, 6) is -3.85. The minimum Gasteiger partial charge on any atom is -0.395 e. The number of aliphatic hydroxyl groups is 1. The van der Waals surface area contributed by atoms with Crippen molar-refractivity contribution < 1.29 is 23.1 Å². The molecule has 3 rings (SSSR count). The van der Waals surface area contributed by atoms with Gasteiger partial charge < -0.3 is 19.1 Å². The van der Waals surface area contributed by atoms with Crippen LogP contribution in [0.25, 0.3) is 0 Å². The summed E-state index contributed by atoms with van der Waals surface area (Å²) in [5, 5.41) is 8.98. The van der Waals surface area contributed by atoms with Gasteiger partial charge in [0.15, 0.2) is 16.4 Å².